The molecule has 2 heterocycles. The summed E-state index contributed by atoms with van der Waals surface area (Å²) in [4.78, 5) is 13.3. The van der Waals surface area contributed by atoms with E-state index in [4.69, 9.17) is 12.2 Å². The van der Waals surface area contributed by atoms with Crippen molar-refractivity contribution in [2.24, 2.45) is 0 Å². The second-order valence-corrected chi connectivity index (χ2v) is 5.15. The van der Waals surface area contributed by atoms with Gasteiger partial charge in [0, 0.05) is 13.1 Å². The molecular formula is C14H13N3O2S. The van der Waals surface area contributed by atoms with E-state index in [-0.39, 0.29) is 5.56 Å². The van der Waals surface area contributed by atoms with Gasteiger partial charge in [-0.2, -0.15) is 5.10 Å². The molecule has 6 heteroatoms. The zero-order chi connectivity index (χ0) is 14.1. The average Bonchev–Trinajstić information content (AvgIpc) is 2.46. The van der Waals surface area contributed by atoms with E-state index < -0.39 is 5.97 Å². The maximum atomic E-state index is 11.3. The Morgan fingerprint density at radius 3 is 2.85 bits per heavy atom. The van der Waals surface area contributed by atoms with Crippen molar-refractivity contribution >= 4 is 24.0 Å². The summed E-state index contributed by atoms with van der Waals surface area (Å²) in [6.45, 7) is 1.41. The number of aromatic amines is 1. The van der Waals surface area contributed by atoms with Gasteiger partial charge in [-0.3, -0.25) is 5.10 Å². The van der Waals surface area contributed by atoms with Gasteiger partial charge < -0.3 is 10.0 Å². The molecule has 2 N–H and O–H groups in total. The van der Waals surface area contributed by atoms with Gasteiger partial charge in [-0.1, -0.05) is 36.5 Å². The number of hydrogen-bond acceptors (Lipinski definition) is 4. The minimum Gasteiger partial charge on any atom is -0.478 e. The van der Waals surface area contributed by atoms with Crippen LogP contribution < -0.4 is 4.90 Å². The number of benzene rings is 1. The van der Waals surface area contributed by atoms with Crippen LogP contribution in [0.2, 0.25) is 0 Å². The summed E-state index contributed by atoms with van der Waals surface area (Å²) in [5.74, 6) is -0.563. The molecule has 0 aliphatic carbocycles. The first-order valence-corrected chi connectivity index (χ1v) is 6.71. The third-order valence-corrected chi connectivity index (χ3v) is 3.66. The molecule has 2 aromatic rings. The molecule has 1 aliphatic rings. The normalized spacial score (nSPS) is 13.9. The van der Waals surface area contributed by atoms with Crippen molar-refractivity contribution < 1.29 is 9.90 Å². The van der Waals surface area contributed by atoms with E-state index in [2.05, 4.69) is 22.3 Å². The molecule has 1 aliphatic heterocycles. The quantitative estimate of drug-likeness (QED) is 0.830. The van der Waals surface area contributed by atoms with Crippen LogP contribution >= 0.6 is 12.2 Å². The van der Waals surface area contributed by atoms with Crippen molar-refractivity contribution in [3.8, 4) is 0 Å². The van der Waals surface area contributed by atoms with Crippen LogP contribution in [0.3, 0.4) is 0 Å². The Morgan fingerprint density at radius 2 is 2.10 bits per heavy atom. The first-order valence-electron chi connectivity index (χ1n) is 6.30. The number of anilines is 1. The number of carboxylic acids is 1. The molecule has 102 valence electrons. The van der Waals surface area contributed by atoms with Crippen LogP contribution in [-0.2, 0) is 13.0 Å². The van der Waals surface area contributed by atoms with Gasteiger partial charge in [0.25, 0.3) is 0 Å². The van der Waals surface area contributed by atoms with Crippen LogP contribution in [0, 0.1) is 4.64 Å². The number of aromatic carboxylic acids is 1. The standard InChI is InChI=1S/C14H13N3O2S/c18-14(19)11-7-12(20)15-16-13(11)17-6-5-9-3-1-2-4-10(9)8-17/h1-4,7H,5-6,8H2,(H,15,20)(H,18,19). The number of H-pyrrole nitrogens is 1. The monoisotopic (exact) mass is 287 g/mol. The van der Waals surface area contributed by atoms with Crippen LogP contribution in [0.15, 0.2) is 30.3 Å². The van der Waals surface area contributed by atoms with Gasteiger partial charge in [-0.15, -0.1) is 0 Å². The number of fused-ring (bicyclic) bond motifs is 1. The second kappa shape index (κ2) is 5.05. The lowest BCUT2D eigenvalue weighted by Gasteiger charge is -2.30. The number of nitrogens with one attached hydrogen (secondary N) is 1. The lowest BCUT2D eigenvalue weighted by atomic mass is 10.00. The zero-order valence-corrected chi connectivity index (χ0v) is 11.5. The third-order valence-electron chi connectivity index (χ3n) is 3.45. The summed E-state index contributed by atoms with van der Waals surface area (Å²) >= 11 is 4.94. The van der Waals surface area contributed by atoms with Gasteiger partial charge >= 0.3 is 5.97 Å². The highest BCUT2D eigenvalue weighted by Gasteiger charge is 2.22. The predicted octanol–water partition coefficient (Wildman–Crippen LogP) is 2.40. The third kappa shape index (κ3) is 2.30. The van der Waals surface area contributed by atoms with Crippen LogP contribution in [-0.4, -0.2) is 27.8 Å². The zero-order valence-electron chi connectivity index (χ0n) is 10.7. The first kappa shape index (κ1) is 12.8. The van der Waals surface area contributed by atoms with Crippen LogP contribution in [0.5, 0.6) is 0 Å². The fourth-order valence-corrected chi connectivity index (χ4v) is 2.63. The number of carbonyl (C=O) groups is 1. The average molecular weight is 287 g/mol. The Kier molecular flexibility index (Phi) is 3.23. The van der Waals surface area contributed by atoms with E-state index in [1.807, 2.05) is 17.0 Å². The van der Waals surface area contributed by atoms with Crippen molar-refractivity contribution in [1.82, 2.24) is 10.2 Å². The van der Waals surface area contributed by atoms with Crippen molar-refractivity contribution in [2.75, 3.05) is 11.4 Å². The molecule has 0 fully saturated rings. The van der Waals surface area contributed by atoms with Crippen LogP contribution in [0.1, 0.15) is 21.5 Å². The molecule has 5 nitrogen and oxygen atoms in total. The molecule has 0 saturated carbocycles. The predicted molar refractivity (Wildman–Crippen MR) is 77.6 cm³/mol. The van der Waals surface area contributed by atoms with Crippen LogP contribution in [0.4, 0.5) is 5.82 Å². The van der Waals surface area contributed by atoms with Gasteiger partial charge in [-0.25, -0.2) is 4.79 Å². The number of hydrogen-bond donors (Lipinski definition) is 2. The highest BCUT2D eigenvalue weighted by molar-refractivity contribution is 7.71. The van der Waals surface area contributed by atoms with Crippen molar-refractivity contribution in [2.45, 2.75) is 13.0 Å². The molecule has 0 amide bonds. The summed E-state index contributed by atoms with van der Waals surface area (Å²) in [6, 6.07) is 9.63. The Bertz CT molecular complexity index is 726. The summed E-state index contributed by atoms with van der Waals surface area (Å²) in [6.07, 6.45) is 0.881. The van der Waals surface area contributed by atoms with Crippen molar-refractivity contribution in [1.29, 1.82) is 0 Å². The number of aromatic nitrogens is 2. The van der Waals surface area contributed by atoms with Gasteiger partial charge in [0.05, 0.1) is 0 Å². The Morgan fingerprint density at radius 1 is 1.35 bits per heavy atom. The second-order valence-electron chi connectivity index (χ2n) is 4.71. The van der Waals surface area contributed by atoms with Gasteiger partial charge in [-0.05, 0) is 23.6 Å². The van der Waals surface area contributed by atoms with Crippen molar-refractivity contribution in [3.63, 3.8) is 0 Å². The molecule has 1 aromatic carbocycles. The smallest absolute Gasteiger partial charge is 0.339 e. The highest BCUT2D eigenvalue weighted by atomic mass is 32.1. The lowest BCUT2D eigenvalue weighted by molar-refractivity contribution is 0.0696. The molecule has 0 atom stereocenters. The summed E-state index contributed by atoms with van der Waals surface area (Å²) in [5.41, 5.74) is 2.66. The maximum Gasteiger partial charge on any atom is 0.339 e. The van der Waals surface area contributed by atoms with E-state index >= 15 is 0 Å². The van der Waals surface area contributed by atoms with Gasteiger partial charge in [0.2, 0.25) is 0 Å². The van der Waals surface area contributed by atoms with Crippen molar-refractivity contribution in [3.05, 3.63) is 51.7 Å². The fourth-order valence-electron chi connectivity index (χ4n) is 2.47. The largest absolute Gasteiger partial charge is 0.478 e. The fraction of sp³-hybridized carbons (Fsp3) is 0.214. The summed E-state index contributed by atoms with van der Waals surface area (Å²) in [7, 11) is 0. The molecule has 0 radical (unpaired) electrons. The highest BCUT2D eigenvalue weighted by Crippen LogP contribution is 2.25. The molecular weight excluding hydrogens is 274 g/mol. The number of carboxylic acid groups (broad SMARTS) is 1. The maximum absolute atomic E-state index is 11.3. The van der Waals surface area contributed by atoms with Gasteiger partial charge in [0.15, 0.2) is 5.82 Å². The lowest BCUT2D eigenvalue weighted by Crippen LogP contribution is -2.32. The van der Waals surface area contributed by atoms with Crippen LogP contribution in [0.25, 0.3) is 0 Å². The molecule has 20 heavy (non-hydrogen) atoms. The SMILES string of the molecule is O=C(O)c1cc(=S)[nH]nc1N1CCc2ccccc2C1. The Hall–Kier alpha value is -2.21. The molecule has 1 aromatic heterocycles. The van der Waals surface area contributed by atoms with E-state index in [1.165, 1.54) is 17.2 Å². The van der Waals surface area contributed by atoms with E-state index in [0.29, 0.717) is 17.0 Å². The molecule has 0 bridgehead atoms. The Labute approximate surface area is 120 Å². The Balaban J connectivity index is 1.99. The minimum atomic E-state index is -1.01. The first-order chi connectivity index (χ1) is 9.65. The summed E-state index contributed by atoms with van der Waals surface area (Å²) in [5, 5.41) is 16.1. The molecule has 0 unspecified atom stereocenters. The number of nitrogens with zero attached hydrogens (tertiary/aromatic N) is 2. The topological polar surface area (TPSA) is 69.2 Å². The molecule has 0 spiro atoms. The van der Waals surface area contributed by atoms with Gasteiger partial charge in [0.1, 0.15) is 10.2 Å². The van der Waals surface area contributed by atoms with E-state index in [1.54, 1.807) is 0 Å². The van der Waals surface area contributed by atoms with E-state index in [9.17, 15) is 9.90 Å². The number of rotatable bonds is 2. The summed E-state index contributed by atoms with van der Waals surface area (Å²) < 4.78 is 0.323. The minimum absolute atomic E-state index is 0.146. The molecule has 3 rings (SSSR count). The molecule has 0 saturated heterocycles. The van der Waals surface area contributed by atoms with E-state index in [0.717, 1.165) is 13.0 Å².